The summed E-state index contributed by atoms with van der Waals surface area (Å²) in [7, 11) is 0. The highest BCUT2D eigenvalue weighted by atomic mass is 35.5. The summed E-state index contributed by atoms with van der Waals surface area (Å²) in [5.74, 6) is -0.984. The molecule has 2 aromatic carbocycles. The number of halogens is 2. The second-order valence-corrected chi connectivity index (χ2v) is 8.15. The Morgan fingerprint density at radius 1 is 1.08 bits per heavy atom. The Hall–Kier alpha value is -2.04. The van der Waals surface area contributed by atoms with Crippen LogP contribution in [-0.2, 0) is 14.3 Å². The quantitative estimate of drug-likeness (QED) is 0.587. The standard InChI is InChI=1S/C20H19Cl2NO3/c1-13(26-18(25)19(2)12-20(19,21)22)17(24)23-16-11-7-6-10-15(16)14-8-4-3-5-9-14/h3-11,13H,12H2,1-2H3,(H,23,24)/t13-,19-/m1/s1. The lowest BCUT2D eigenvalue weighted by atomic mass is 10.0. The molecule has 3 rings (SSSR count). The van der Waals surface area contributed by atoms with E-state index in [1.54, 1.807) is 13.0 Å². The number of carbonyl (C=O) groups excluding carboxylic acids is 2. The Morgan fingerprint density at radius 2 is 1.65 bits per heavy atom. The van der Waals surface area contributed by atoms with Gasteiger partial charge in [-0.15, -0.1) is 23.2 Å². The van der Waals surface area contributed by atoms with Crippen LogP contribution in [0.25, 0.3) is 11.1 Å². The van der Waals surface area contributed by atoms with Gasteiger partial charge in [0.05, 0.1) is 0 Å². The number of amides is 1. The van der Waals surface area contributed by atoms with E-state index < -0.39 is 27.7 Å². The second kappa shape index (κ2) is 6.93. The zero-order valence-electron chi connectivity index (χ0n) is 14.5. The maximum absolute atomic E-state index is 12.5. The van der Waals surface area contributed by atoms with Gasteiger partial charge < -0.3 is 10.1 Å². The van der Waals surface area contributed by atoms with Crippen molar-refractivity contribution < 1.29 is 14.3 Å². The molecule has 1 fully saturated rings. The molecule has 2 aromatic rings. The van der Waals surface area contributed by atoms with E-state index in [-0.39, 0.29) is 0 Å². The number of anilines is 1. The third-order valence-electron chi connectivity index (χ3n) is 4.63. The van der Waals surface area contributed by atoms with Crippen LogP contribution in [0.4, 0.5) is 5.69 Å². The average molecular weight is 392 g/mol. The Balaban J connectivity index is 1.70. The Kier molecular flexibility index (Phi) is 5.00. The first kappa shape index (κ1) is 18.7. The Labute approximate surface area is 162 Å². The van der Waals surface area contributed by atoms with E-state index >= 15 is 0 Å². The number of alkyl halides is 2. The monoisotopic (exact) mass is 391 g/mol. The minimum atomic E-state index is -1.12. The van der Waals surface area contributed by atoms with Gasteiger partial charge in [-0.3, -0.25) is 9.59 Å². The molecule has 136 valence electrons. The molecule has 0 radical (unpaired) electrons. The van der Waals surface area contributed by atoms with Crippen LogP contribution in [0.1, 0.15) is 20.3 Å². The lowest BCUT2D eigenvalue weighted by Gasteiger charge is -2.18. The minimum absolute atomic E-state index is 0.313. The summed E-state index contributed by atoms with van der Waals surface area (Å²) in [5.41, 5.74) is 1.54. The number of nitrogens with one attached hydrogen (secondary N) is 1. The van der Waals surface area contributed by atoms with Crippen LogP contribution in [-0.4, -0.2) is 22.3 Å². The van der Waals surface area contributed by atoms with Gasteiger partial charge in [-0.25, -0.2) is 0 Å². The molecule has 26 heavy (non-hydrogen) atoms. The molecular formula is C20H19Cl2NO3. The highest BCUT2D eigenvalue weighted by molar-refractivity contribution is 6.53. The SMILES string of the molecule is C[C@@H](OC(=O)[C@@]1(C)CC1(Cl)Cl)C(=O)Nc1ccccc1-c1ccccc1. The number of rotatable bonds is 5. The first-order valence-corrected chi connectivity index (χ1v) is 9.04. The van der Waals surface area contributed by atoms with E-state index in [1.807, 2.05) is 48.5 Å². The van der Waals surface area contributed by atoms with Crippen LogP contribution >= 0.6 is 23.2 Å². The number of carbonyl (C=O) groups is 2. The number of ether oxygens (including phenoxy) is 1. The summed E-state index contributed by atoms with van der Waals surface area (Å²) in [6, 6.07) is 17.2. The summed E-state index contributed by atoms with van der Waals surface area (Å²) in [6.45, 7) is 3.15. The first-order chi connectivity index (χ1) is 12.2. The molecule has 0 aliphatic heterocycles. The van der Waals surface area contributed by atoms with Gasteiger partial charge in [0, 0.05) is 17.7 Å². The number of hydrogen-bond donors (Lipinski definition) is 1. The number of hydrogen-bond acceptors (Lipinski definition) is 3. The summed E-state index contributed by atoms with van der Waals surface area (Å²) in [6.07, 6.45) is -0.652. The van der Waals surface area contributed by atoms with Gasteiger partial charge in [-0.2, -0.15) is 0 Å². The lowest BCUT2D eigenvalue weighted by molar-refractivity contribution is -0.158. The summed E-state index contributed by atoms with van der Waals surface area (Å²) >= 11 is 12.0. The number of benzene rings is 2. The van der Waals surface area contributed by atoms with Gasteiger partial charge >= 0.3 is 5.97 Å². The van der Waals surface area contributed by atoms with Crippen molar-refractivity contribution in [3.8, 4) is 11.1 Å². The molecule has 1 aliphatic rings. The summed E-state index contributed by atoms with van der Waals surface area (Å²) in [5, 5.41) is 2.82. The van der Waals surface area contributed by atoms with E-state index in [9.17, 15) is 9.59 Å². The van der Waals surface area contributed by atoms with Crippen LogP contribution in [0, 0.1) is 5.41 Å². The molecule has 2 atom stereocenters. The van der Waals surface area contributed by atoms with E-state index in [0.29, 0.717) is 12.1 Å². The normalized spacial score (nSPS) is 21.5. The molecule has 0 saturated heterocycles. The van der Waals surface area contributed by atoms with E-state index in [4.69, 9.17) is 27.9 Å². The van der Waals surface area contributed by atoms with E-state index in [0.717, 1.165) is 11.1 Å². The van der Waals surface area contributed by atoms with E-state index in [1.165, 1.54) is 6.92 Å². The maximum Gasteiger partial charge on any atom is 0.315 e. The molecule has 4 nitrogen and oxygen atoms in total. The fraction of sp³-hybridized carbons (Fsp3) is 0.300. The number of para-hydroxylation sites is 1. The smallest absolute Gasteiger partial charge is 0.315 e. The predicted molar refractivity (Wildman–Crippen MR) is 103 cm³/mol. The molecule has 1 aliphatic carbocycles. The van der Waals surface area contributed by atoms with Crippen molar-refractivity contribution in [2.45, 2.75) is 30.7 Å². The molecule has 6 heteroatoms. The summed E-state index contributed by atoms with van der Waals surface area (Å²) in [4.78, 5) is 24.7. The van der Waals surface area contributed by atoms with E-state index in [2.05, 4.69) is 5.32 Å². The topological polar surface area (TPSA) is 55.4 Å². The first-order valence-electron chi connectivity index (χ1n) is 8.29. The maximum atomic E-state index is 12.5. The lowest BCUT2D eigenvalue weighted by Crippen LogP contribution is -2.33. The molecule has 1 N–H and O–H groups in total. The highest BCUT2D eigenvalue weighted by Gasteiger charge is 2.69. The molecule has 0 heterocycles. The van der Waals surface area contributed by atoms with Crippen molar-refractivity contribution in [3.63, 3.8) is 0 Å². The molecule has 1 saturated carbocycles. The number of esters is 1. The van der Waals surface area contributed by atoms with Gasteiger partial charge in [0.25, 0.3) is 5.91 Å². The largest absolute Gasteiger partial charge is 0.452 e. The minimum Gasteiger partial charge on any atom is -0.452 e. The zero-order valence-corrected chi connectivity index (χ0v) is 16.0. The Bertz CT molecular complexity index is 838. The fourth-order valence-corrected chi connectivity index (χ4v) is 3.35. The third-order valence-corrected chi connectivity index (χ3v) is 5.73. The van der Waals surface area contributed by atoms with Crippen molar-refractivity contribution in [1.82, 2.24) is 0 Å². The molecule has 0 spiro atoms. The van der Waals surface area contributed by atoms with Crippen LogP contribution in [0.15, 0.2) is 54.6 Å². The van der Waals surface area contributed by atoms with Crippen molar-refractivity contribution in [2.75, 3.05) is 5.32 Å². The summed E-state index contributed by atoms with van der Waals surface area (Å²) < 4.78 is 4.15. The van der Waals surface area contributed by atoms with Gasteiger partial charge in [-0.05, 0) is 25.5 Å². The van der Waals surface area contributed by atoms with Crippen LogP contribution < -0.4 is 5.32 Å². The van der Waals surface area contributed by atoms with Crippen molar-refractivity contribution in [1.29, 1.82) is 0 Å². The van der Waals surface area contributed by atoms with Crippen molar-refractivity contribution in [2.24, 2.45) is 5.41 Å². The van der Waals surface area contributed by atoms with Crippen LogP contribution in [0.5, 0.6) is 0 Å². The fourth-order valence-electron chi connectivity index (χ4n) is 2.66. The molecule has 1 amide bonds. The molecule has 0 unspecified atom stereocenters. The van der Waals surface area contributed by atoms with Crippen molar-refractivity contribution >= 4 is 40.8 Å². The Morgan fingerprint density at radius 3 is 2.27 bits per heavy atom. The molecular weight excluding hydrogens is 373 g/mol. The van der Waals surface area contributed by atoms with Crippen molar-refractivity contribution in [3.05, 3.63) is 54.6 Å². The average Bonchev–Trinajstić information content (AvgIpc) is 3.15. The highest BCUT2D eigenvalue weighted by Crippen LogP contribution is 2.64. The third kappa shape index (κ3) is 3.57. The predicted octanol–water partition coefficient (Wildman–Crippen LogP) is 4.81. The van der Waals surface area contributed by atoms with Gasteiger partial charge in [0.1, 0.15) is 9.75 Å². The van der Waals surface area contributed by atoms with Crippen LogP contribution in [0.3, 0.4) is 0 Å². The zero-order chi connectivity index (χ0) is 18.9. The van der Waals surface area contributed by atoms with Gasteiger partial charge in [0.2, 0.25) is 0 Å². The van der Waals surface area contributed by atoms with Crippen LogP contribution in [0.2, 0.25) is 0 Å². The molecule has 0 bridgehead atoms. The van der Waals surface area contributed by atoms with Gasteiger partial charge in [-0.1, -0.05) is 48.5 Å². The van der Waals surface area contributed by atoms with Gasteiger partial charge in [0.15, 0.2) is 6.10 Å². The second-order valence-electron chi connectivity index (χ2n) is 6.66. The molecule has 0 aromatic heterocycles.